The van der Waals surface area contributed by atoms with Crippen LogP contribution in [0.1, 0.15) is 31.1 Å². The molecule has 0 bridgehead atoms. The Kier molecular flexibility index (Phi) is 7.27. The van der Waals surface area contributed by atoms with Gasteiger partial charge in [-0.15, -0.1) is 16.9 Å². The molecule has 0 saturated carbocycles. The number of benzene rings is 1. The van der Waals surface area contributed by atoms with E-state index in [1.54, 1.807) is 18.2 Å². The van der Waals surface area contributed by atoms with Crippen molar-refractivity contribution in [1.82, 2.24) is 10.2 Å². The third kappa shape index (κ3) is 6.02. The minimum absolute atomic E-state index is 0.00352. The van der Waals surface area contributed by atoms with Gasteiger partial charge >= 0.3 is 0 Å². The number of thioether (sulfide) groups is 2. The van der Waals surface area contributed by atoms with Gasteiger partial charge in [0.15, 0.2) is 10.1 Å². The van der Waals surface area contributed by atoms with Gasteiger partial charge in [0, 0.05) is 17.4 Å². The van der Waals surface area contributed by atoms with Gasteiger partial charge in [0.2, 0.25) is 5.91 Å². The largest absolute Gasteiger partial charge is 0.466 e. The predicted molar refractivity (Wildman–Crippen MR) is 103 cm³/mol. The first-order chi connectivity index (χ1) is 11.9. The smallest absolute Gasteiger partial charge is 0.295 e. The molecule has 1 aromatic heterocycles. The maximum Gasteiger partial charge on any atom is 0.295 e. The van der Waals surface area contributed by atoms with Crippen molar-refractivity contribution in [2.75, 3.05) is 17.3 Å². The zero-order valence-electron chi connectivity index (χ0n) is 14.4. The number of ether oxygens (including phenoxy) is 1. The Bertz CT molecular complexity index is 762. The van der Waals surface area contributed by atoms with E-state index in [1.165, 1.54) is 41.8 Å². The predicted octanol–water partition coefficient (Wildman–Crippen LogP) is 3.98. The third-order valence-corrected chi connectivity index (χ3v) is 5.61. The normalized spacial score (nSPS) is 10.8. The first-order valence-corrected chi connectivity index (χ1v) is 10.5. The molecule has 6 nitrogen and oxygen atoms in total. The number of hydrogen-bond acceptors (Lipinski definition) is 8. The Balaban J connectivity index is 2.00. The lowest BCUT2D eigenvalue weighted by atomic mass is 10.1. The molecular formula is C16H19N3O3S3. The summed E-state index contributed by atoms with van der Waals surface area (Å²) in [7, 11) is 0. The molecule has 134 valence electrons. The van der Waals surface area contributed by atoms with E-state index in [0.717, 1.165) is 4.90 Å². The van der Waals surface area contributed by atoms with Gasteiger partial charge in [-0.2, -0.15) is 0 Å². The number of Topliss-reactive ketones (excluding diaryl/α,β-unsaturated/α-hetero) is 1. The number of nitrogens with one attached hydrogen (secondary N) is 1. The fraction of sp³-hybridized carbons (Fsp3) is 0.375. The number of rotatable bonds is 8. The van der Waals surface area contributed by atoms with Crippen LogP contribution >= 0.6 is 34.9 Å². The third-order valence-electron chi connectivity index (χ3n) is 2.89. The van der Waals surface area contributed by atoms with E-state index >= 15 is 0 Å². The molecule has 0 spiro atoms. The number of aromatic nitrogens is 2. The first-order valence-electron chi connectivity index (χ1n) is 7.50. The van der Waals surface area contributed by atoms with Crippen molar-refractivity contribution >= 4 is 52.2 Å². The van der Waals surface area contributed by atoms with E-state index in [9.17, 15) is 9.59 Å². The zero-order valence-corrected chi connectivity index (χ0v) is 16.8. The fourth-order valence-corrected chi connectivity index (χ4v) is 4.16. The molecule has 1 amide bonds. The van der Waals surface area contributed by atoms with E-state index < -0.39 is 0 Å². The van der Waals surface area contributed by atoms with Gasteiger partial charge < -0.3 is 10.1 Å². The van der Waals surface area contributed by atoms with Crippen LogP contribution < -0.4 is 10.1 Å². The van der Waals surface area contributed by atoms with Gasteiger partial charge in [-0.05, 0) is 49.6 Å². The minimum atomic E-state index is -0.138. The number of carbonyl (C=O) groups is 2. The van der Waals surface area contributed by atoms with Crippen LogP contribution in [0.5, 0.6) is 5.19 Å². The van der Waals surface area contributed by atoms with Gasteiger partial charge in [-0.3, -0.25) is 9.59 Å². The minimum Gasteiger partial charge on any atom is -0.466 e. The van der Waals surface area contributed by atoms with Crippen molar-refractivity contribution in [3.05, 3.63) is 23.8 Å². The zero-order chi connectivity index (χ0) is 18.4. The van der Waals surface area contributed by atoms with Crippen LogP contribution in [0.25, 0.3) is 0 Å². The molecule has 0 aliphatic rings. The summed E-state index contributed by atoms with van der Waals surface area (Å²) >= 11 is 4.15. The molecule has 0 unspecified atom stereocenters. The monoisotopic (exact) mass is 397 g/mol. The SMILES string of the molecule is CSc1cc(C(=O)CSc2nnc(OC(C)C)s2)ccc1NC(C)=O. The van der Waals surface area contributed by atoms with Crippen LogP contribution in [0.2, 0.25) is 0 Å². The quantitative estimate of drug-likeness (QED) is 0.533. The summed E-state index contributed by atoms with van der Waals surface area (Å²) in [5, 5.41) is 11.2. The number of nitrogens with zero attached hydrogens (tertiary/aromatic N) is 2. The van der Waals surface area contributed by atoms with E-state index in [1.807, 2.05) is 20.1 Å². The lowest BCUT2D eigenvalue weighted by Crippen LogP contribution is -2.08. The molecule has 0 saturated heterocycles. The Morgan fingerprint density at radius 2 is 2.08 bits per heavy atom. The van der Waals surface area contributed by atoms with Crippen molar-refractivity contribution in [3.63, 3.8) is 0 Å². The standard InChI is InChI=1S/C16H19N3O3S3/c1-9(2)22-15-18-19-16(25-15)24-8-13(21)11-5-6-12(17-10(3)20)14(7-11)23-4/h5-7,9H,8H2,1-4H3,(H,17,20). The maximum atomic E-state index is 12.4. The number of carbonyl (C=O) groups excluding carboxylic acids is 2. The molecule has 2 aromatic rings. The summed E-state index contributed by atoms with van der Waals surface area (Å²) in [4.78, 5) is 24.5. The summed E-state index contributed by atoms with van der Waals surface area (Å²) in [6.07, 6.45) is 1.95. The topological polar surface area (TPSA) is 81.2 Å². The van der Waals surface area contributed by atoms with Gasteiger partial charge in [0.1, 0.15) is 0 Å². The highest BCUT2D eigenvalue weighted by Gasteiger charge is 2.13. The molecule has 0 radical (unpaired) electrons. The molecule has 0 fully saturated rings. The lowest BCUT2D eigenvalue weighted by Gasteiger charge is -2.09. The second-order valence-corrected chi connectivity index (χ2v) is 8.32. The number of hydrogen-bond donors (Lipinski definition) is 1. The van der Waals surface area contributed by atoms with Crippen LogP contribution in [0.3, 0.4) is 0 Å². The Labute approximate surface area is 159 Å². The van der Waals surface area contributed by atoms with Gasteiger partial charge in [0.05, 0.1) is 17.5 Å². The van der Waals surface area contributed by atoms with Crippen LogP contribution in [0.15, 0.2) is 27.4 Å². The van der Waals surface area contributed by atoms with E-state index in [0.29, 0.717) is 20.8 Å². The summed E-state index contributed by atoms with van der Waals surface area (Å²) in [5.41, 5.74) is 1.32. The number of ketones is 1. The second kappa shape index (κ2) is 9.21. The lowest BCUT2D eigenvalue weighted by molar-refractivity contribution is -0.114. The Morgan fingerprint density at radius 3 is 2.72 bits per heavy atom. The first kappa shape index (κ1) is 19.7. The average molecular weight is 398 g/mol. The highest BCUT2D eigenvalue weighted by atomic mass is 32.2. The summed E-state index contributed by atoms with van der Waals surface area (Å²) in [6, 6.07) is 5.28. The van der Waals surface area contributed by atoms with Crippen molar-refractivity contribution in [3.8, 4) is 5.19 Å². The van der Waals surface area contributed by atoms with Crippen LogP contribution in [-0.4, -0.2) is 40.0 Å². The summed E-state index contributed by atoms with van der Waals surface area (Å²) < 4.78 is 6.17. The molecule has 2 rings (SSSR count). The number of amides is 1. The van der Waals surface area contributed by atoms with E-state index in [2.05, 4.69) is 15.5 Å². The molecule has 9 heteroatoms. The van der Waals surface area contributed by atoms with Gasteiger partial charge in [-0.1, -0.05) is 16.9 Å². The maximum absolute atomic E-state index is 12.4. The Hall–Kier alpha value is -1.58. The molecule has 0 atom stereocenters. The van der Waals surface area contributed by atoms with Gasteiger partial charge in [-0.25, -0.2) is 0 Å². The molecule has 1 N–H and O–H groups in total. The van der Waals surface area contributed by atoms with E-state index in [4.69, 9.17) is 4.74 Å². The van der Waals surface area contributed by atoms with Crippen molar-refractivity contribution < 1.29 is 14.3 Å². The average Bonchev–Trinajstić information content (AvgIpc) is 2.99. The van der Waals surface area contributed by atoms with E-state index in [-0.39, 0.29) is 23.5 Å². The highest BCUT2D eigenvalue weighted by Crippen LogP contribution is 2.30. The molecular weight excluding hydrogens is 378 g/mol. The second-order valence-electron chi connectivity index (χ2n) is 5.31. The fourth-order valence-electron chi connectivity index (χ4n) is 1.87. The van der Waals surface area contributed by atoms with Crippen LogP contribution in [-0.2, 0) is 4.79 Å². The summed E-state index contributed by atoms with van der Waals surface area (Å²) in [6.45, 7) is 5.30. The van der Waals surface area contributed by atoms with Crippen molar-refractivity contribution in [2.24, 2.45) is 0 Å². The van der Waals surface area contributed by atoms with Crippen molar-refractivity contribution in [2.45, 2.75) is 36.1 Å². The molecule has 0 aliphatic heterocycles. The Morgan fingerprint density at radius 1 is 1.32 bits per heavy atom. The molecule has 0 aliphatic carbocycles. The number of anilines is 1. The molecule has 1 aromatic carbocycles. The van der Waals surface area contributed by atoms with Gasteiger partial charge in [0.25, 0.3) is 5.19 Å². The molecule has 1 heterocycles. The summed E-state index contributed by atoms with van der Waals surface area (Å²) in [5.74, 6) is 0.126. The van der Waals surface area contributed by atoms with Crippen molar-refractivity contribution in [1.29, 1.82) is 0 Å². The van der Waals surface area contributed by atoms with Crippen LogP contribution in [0, 0.1) is 0 Å². The van der Waals surface area contributed by atoms with Crippen LogP contribution in [0.4, 0.5) is 5.69 Å². The highest BCUT2D eigenvalue weighted by molar-refractivity contribution is 8.01. The molecule has 25 heavy (non-hydrogen) atoms.